The van der Waals surface area contributed by atoms with E-state index in [0.29, 0.717) is 24.4 Å². The lowest BCUT2D eigenvalue weighted by molar-refractivity contribution is -0.124. The molecule has 1 amide bonds. The first-order valence-electron chi connectivity index (χ1n) is 7.61. The van der Waals surface area contributed by atoms with Crippen molar-refractivity contribution in [2.75, 3.05) is 33.0 Å². The van der Waals surface area contributed by atoms with Crippen LogP contribution in [0.3, 0.4) is 0 Å². The lowest BCUT2D eigenvalue weighted by Gasteiger charge is -2.27. The Morgan fingerprint density at radius 1 is 1.28 bits per heavy atom. The molecule has 1 aliphatic heterocycles. The largest absolute Gasteiger partial charge is 0.497 e. The summed E-state index contributed by atoms with van der Waals surface area (Å²) in [4.78, 5) is 28.1. The Bertz CT molecular complexity index is 758. The molecule has 0 fully saturated rings. The maximum absolute atomic E-state index is 12.3. The fraction of sp³-hybridized carbons (Fsp3) is 0.375. The van der Waals surface area contributed by atoms with Gasteiger partial charge in [0.1, 0.15) is 5.75 Å². The van der Waals surface area contributed by atoms with Gasteiger partial charge in [0.25, 0.3) is 0 Å². The third-order valence-corrected chi connectivity index (χ3v) is 4.14. The van der Waals surface area contributed by atoms with Crippen molar-refractivity contribution in [2.24, 2.45) is 5.92 Å². The molecule has 1 aliphatic rings. The minimum atomic E-state index is -3.52. The maximum Gasteiger partial charge on any atom is 0.243 e. The number of methoxy groups -OCH3 is 1. The summed E-state index contributed by atoms with van der Waals surface area (Å²) < 4.78 is 27.1. The molecule has 2 rings (SSSR count). The van der Waals surface area contributed by atoms with Crippen molar-refractivity contribution >= 4 is 21.7 Å². The van der Waals surface area contributed by atoms with Crippen molar-refractivity contribution in [3.05, 3.63) is 42.0 Å². The monoisotopic (exact) mass is 367 g/mol. The van der Waals surface area contributed by atoms with Gasteiger partial charge in [0.2, 0.25) is 15.9 Å². The molecule has 0 aromatic heterocycles. The van der Waals surface area contributed by atoms with Crippen molar-refractivity contribution in [1.82, 2.24) is 15.2 Å². The smallest absolute Gasteiger partial charge is 0.243 e. The van der Waals surface area contributed by atoms with Crippen LogP contribution in [0.4, 0.5) is 0 Å². The van der Waals surface area contributed by atoms with Crippen LogP contribution in [-0.4, -0.2) is 58.0 Å². The molecular weight excluding hydrogens is 346 g/mol. The van der Waals surface area contributed by atoms with E-state index in [-0.39, 0.29) is 12.3 Å². The topological polar surface area (TPSA) is 105 Å². The van der Waals surface area contributed by atoms with Crippen molar-refractivity contribution in [3.8, 4) is 5.75 Å². The van der Waals surface area contributed by atoms with E-state index in [1.165, 1.54) is 0 Å². The minimum Gasteiger partial charge on any atom is -0.497 e. The van der Waals surface area contributed by atoms with E-state index in [1.54, 1.807) is 43.5 Å². The lowest BCUT2D eigenvalue weighted by atomic mass is 10.0. The molecule has 1 unspecified atom stereocenters. The second-order valence-electron chi connectivity index (χ2n) is 5.74. The van der Waals surface area contributed by atoms with Gasteiger partial charge in [-0.05, 0) is 24.3 Å². The summed E-state index contributed by atoms with van der Waals surface area (Å²) >= 11 is 0. The third-order valence-electron chi connectivity index (χ3n) is 3.66. The van der Waals surface area contributed by atoms with Gasteiger partial charge >= 0.3 is 0 Å². The number of nitrogens with zero attached hydrogens (tertiary/aromatic N) is 1. The normalized spacial score (nSPS) is 17.9. The highest BCUT2D eigenvalue weighted by molar-refractivity contribution is 7.88. The molecule has 0 saturated carbocycles. The van der Waals surface area contributed by atoms with Crippen molar-refractivity contribution in [1.29, 1.82) is 0 Å². The number of Topliss-reactive ketones (excluding diaryl/α,β-unsaturated/α-hetero) is 1. The number of carbonyl (C=O) groups excluding carboxylic acids is 2. The Hall–Kier alpha value is -2.23. The standard InChI is InChI=1S/C16H21N3O5S/c1-24-14-7-5-12(6-8-14)15(20)11-19-9-3-4-13(10-19)16(21)17-18-25(2,22)23/h3-8,13,18H,9-11H2,1-2H3,(H,17,21). The molecule has 1 heterocycles. The number of hydrogen-bond donors (Lipinski definition) is 2. The van der Waals surface area contributed by atoms with Gasteiger partial charge in [0.15, 0.2) is 5.78 Å². The number of carbonyl (C=O) groups is 2. The molecule has 1 aromatic rings. The first-order valence-corrected chi connectivity index (χ1v) is 9.50. The van der Waals surface area contributed by atoms with Crippen LogP contribution in [0.5, 0.6) is 5.75 Å². The van der Waals surface area contributed by atoms with Crippen LogP contribution in [0.25, 0.3) is 0 Å². The molecule has 1 aromatic carbocycles. The first-order chi connectivity index (χ1) is 11.8. The Kier molecular flexibility index (Phi) is 6.29. The van der Waals surface area contributed by atoms with Crippen LogP contribution in [0.1, 0.15) is 10.4 Å². The number of benzene rings is 1. The van der Waals surface area contributed by atoms with E-state index in [0.717, 1.165) is 6.26 Å². The number of nitrogens with one attached hydrogen (secondary N) is 2. The Balaban J connectivity index is 1.91. The highest BCUT2D eigenvalue weighted by Gasteiger charge is 2.24. The van der Waals surface area contributed by atoms with Gasteiger partial charge in [0, 0.05) is 18.7 Å². The van der Waals surface area contributed by atoms with E-state index in [2.05, 4.69) is 5.43 Å². The number of ketones is 1. The summed E-state index contributed by atoms with van der Waals surface area (Å²) in [6.07, 6.45) is 4.44. The number of sulfonamides is 1. The van der Waals surface area contributed by atoms with Gasteiger partial charge in [-0.15, -0.1) is 4.83 Å². The van der Waals surface area contributed by atoms with Gasteiger partial charge in [-0.2, -0.15) is 0 Å². The minimum absolute atomic E-state index is 0.0635. The zero-order valence-electron chi connectivity index (χ0n) is 14.1. The molecule has 1 atom stereocenters. The zero-order valence-corrected chi connectivity index (χ0v) is 14.9. The predicted octanol–water partition coefficient (Wildman–Crippen LogP) is -0.0537. The van der Waals surface area contributed by atoms with Crippen molar-refractivity contribution < 1.29 is 22.7 Å². The molecule has 136 valence electrons. The average molecular weight is 367 g/mol. The summed E-state index contributed by atoms with van der Waals surface area (Å²) in [7, 11) is -1.96. The SMILES string of the molecule is COc1ccc(C(=O)CN2CC=CC(C(=O)NNS(C)(=O)=O)C2)cc1. The third kappa shape index (κ3) is 5.96. The van der Waals surface area contributed by atoms with Crippen LogP contribution in [0.15, 0.2) is 36.4 Å². The Labute approximate surface area is 146 Å². The second-order valence-corrected chi connectivity index (χ2v) is 7.49. The van der Waals surface area contributed by atoms with Crippen molar-refractivity contribution in [2.45, 2.75) is 0 Å². The summed E-state index contributed by atoms with van der Waals surface area (Å²) in [5, 5.41) is 0. The number of hydrogen-bond acceptors (Lipinski definition) is 6. The van der Waals surface area contributed by atoms with E-state index in [9.17, 15) is 18.0 Å². The zero-order chi connectivity index (χ0) is 18.4. The maximum atomic E-state index is 12.3. The predicted molar refractivity (Wildman–Crippen MR) is 92.5 cm³/mol. The van der Waals surface area contributed by atoms with E-state index in [4.69, 9.17) is 4.74 Å². The molecule has 2 N–H and O–H groups in total. The Morgan fingerprint density at radius 2 is 1.96 bits per heavy atom. The highest BCUT2D eigenvalue weighted by Crippen LogP contribution is 2.14. The van der Waals surface area contributed by atoms with Gasteiger partial charge in [-0.3, -0.25) is 19.9 Å². The first kappa shape index (κ1) is 19.1. The number of ether oxygens (including phenoxy) is 1. The van der Waals surface area contributed by atoms with Crippen LogP contribution in [0, 0.1) is 5.92 Å². The summed E-state index contributed by atoms with van der Waals surface area (Å²) in [6.45, 7) is 1.04. The van der Waals surface area contributed by atoms with Crippen LogP contribution < -0.4 is 15.0 Å². The van der Waals surface area contributed by atoms with Crippen LogP contribution in [-0.2, 0) is 14.8 Å². The molecule has 0 spiro atoms. The van der Waals surface area contributed by atoms with E-state index < -0.39 is 21.8 Å². The Morgan fingerprint density at radius 3 is 2.56 bits per heavy atom. The van der Waals surface area contributed by atoms with Gasteiger partial charge in [0.05, 0.1) is 25.8 Å². The van der Waals surface area contributed by atoms with Gasteiger partial charge < -0.3 is 4.74 Å². The molecule has 8 nitrogen and oxygen atoms in total. The van der Waals surface area contributed by atoms with Gasteiger partial charge in [-0.1, -0.05) is 12.2 Å². The molecule has 0 bridgehead atoms. The molecule has 9 heteroatoms. The summed E-state index contributed by atoms with van der Waals surface area (Å²) in [6, 6.07) is 6.83. The van der Waals surface area contributed by atoms with Crippen molar-refractivity contribution in [3.63, 3.8) is 0 Å². The van der Waals surface area contributed by atoms with E-state index >= 15 is 0 Å². The number of hydrazine groups is 1. The fourth-order valence-electron chi connectivity index (χ4n) is 2.39. The molecule has 0 saturated heterocycles. The number of rotatable bonds is 7. The quantitative estimate of drug-likeness (QED) is 0.398. The molecular formula is C16H21N3O5S. The average Bonchev–Trinajstić information content (AvgIpc) is 2.59. The summed E-state index contributed by atoms with van der Waals surface area (Å²) in [5.41, 5.74) is 2.72. The van der Waals surface area contributed by atoms with Gasteiger partial charge in [-0.25, -0.2) is 8.42 Å². The fourth-order valence-corrected chi connectivity index (χ4v) is 2.68. The second kappa shape index (κ2) is 8.24. The molecule has 0 aliphatic carbocycles. The van der Waals surface area contributed by atoms with Crippen LogP contribution >= 0.6 is 0 Å². The van der Waals surface area contributed by atoms with Crippen LogP contribution in [0.2, 0.25) is 0 Å². The molecule has 0 radical (unpaired) electrons. The van der Waals surface area contributed by atoms with E-state index in [1.807, 2.05) is 9.73 Å². The highest BCUT2D eigenvalue weighted by atomic mass is 32.2. The summed E-state index contributed by atoms with van der Waals surface area (Å²) in [5.74, 6) is -0.395. The lowest BCUT2D eigenvalue weighted by Crippen LogP contribution is -2.48. The molecule has 25 heavy (non-hydrogen) atoms. The number of amides is 1.